The van der Waals surface area contributed by atoms with Crippen LogP contribution in [-0.4, -0.2) is 73.1 Å². The standard InChI is InChI=1S/C32H43N3O5.2C2H6/c1-8-12-23-13-10-11-14-26(23)40-21-29(36)33(5)16-15-32(4)28-17-22(3)30-24(18-25(38-6)19-27(30)39-7)20-34(28)31(37)35(32)9-2;2*1-2/h10-11,13-14,17-19,22H,8-9,12,15-16,20-21H2,1-7H3;2*1-2H3/t22-,32?;;/m0../s1. The Labute approximate surface area is 266 Å². The summed E-state index contributed by atoms with van der Waals surface area (Å²) >= 11 is 0. The zero-order valence-corrected chi connectivity index (χ0v) is 29.0. The Bertz CT molecular complexity index is 1280. The number of urea groups is 1. The molecule has 0 N–H and O–H groups in total. The Hall–Kier alpha value is -3.68. The van der Waals surface area contributed by atoms with E-state index in [1.165, 1.54) is 0 Å². The molecule has 0 aromatic heterocycles. The number of carbonyl (C=O) groups excluding carboxylic acids is 2. The average Bonchev–Trinajstić information content (AvgIpc) is 3.14. The van der Waals surface area contributed by atoms with Gasteiger partial charge in [-0.15, -0.1) is 0 Å². The molecule has 0 aliphatic carbocycles. The monoisotopic (exact) mass is 609 g/mol. The molecule has 2 aromatic carbocycles. The lowest BCUT2D eigenvalue weighted by Gasteiger charge is -2.35. The van der Waals surface area contributed by atoms with Crippen molar-refractivity contribution in [2.45, 2.75) is 92.7 Å². The van der Waals surface area contributed by atoms with E-state index >= 15 is 0 Å². The maximum Gasteiger partial charge on any atom is 0.325 e. The molecule has 4 rings (SSSR count). The molecule has 1 unspecified atom stereocenters. The first-order chi connectivity index (χ1) is 21.2. The Morgan fingerprint density at radius 2 is 1.73 bits per heavy atom. The third-order valence-corrected chi connectivity index (χ3v) is 8.27. The summed E-state index contributed by atoms with van der Waals surface area (Å²) in [6.45, 7) is 17.8. The van der Waals surface area contributed by atoms with Gasteiger partial charge < -0.3 is 24.0 Å². The van der Waals surface area contributed by atoms with Crippen LogP contribution >= 0.6 is 0 Å². The predicted molar refractivity (Wildman–Crippen MR) is 179 cm³/mol. The van der Waals surface area contributed by atoms with Gasteiger partial charge in [0.25, 0.3) is 5.91 Å². The van der Waals surface area contributed by atoms with Gasteiger partial charge in [0.15, 0.2) is 6.61 Å². The van der Waals surface area contributed by atoms with Gasteiger partial charge >= 0.3 is 6.03 Å². The molecule has 2 heterocycles. The lowest BCUT2D eigenvalue weighted by atomic mass is 9.88. The summed E-state index contributed by atoms with van der Waals surface area (Å²) < 4.78 is 17.2. The van der Waals surface area contributed by atoms with Gasteiger partial charge in [0, 0.05) is 43.4 Å². The third kappa shape index (κ3) is 7.69. The van der Waals surface area contributed by atoms with E-state index in [4.69, 9.17) is 14.2 Å². The highest BCUT2D eigenvalue weighted by Gasteiger charge is 2.51. The van der Waals surface area contributed by atoms with Crippen LogP contribution in [0.1, 0.15) is 90.8 Å². The van der Waals surface area contributed by atoms with Crippen LogP contribution < -0.4 is 14.2 Å². The minimum absolute atomic E-state index is 0.0207. The van der Waals surface area contributed by atoms with Crippen LogP contribution in [0.5, 0.6) is 17.2 Å². The van der Waals surface area contributed by atoms with Crippen molar-refractivity contribution < 1.29 is 23.8 Å². The first-order valence-electron chi connectivity index (χ1n) is 16.2. The van der Waals surface area contributed by atoms with Gasteiger partial charge in [0.2, 0.25) is 0 Å². The van der Waals surface area contributed by atoms with Crippen LogP contribution in [0, 0.1) is 0 Å². The zero-order valence-electron chi connectivity index (χ0n) is 29.0. The second kappa shape index (κ2) is 17.0. The number of likely N-dealkylation sites (N-methyl/N-ethyl adjacent to an activating group) is 2. The molecule has 1 fully saturated rings. The van der Waals surface area contributed by atoms with Crippen LogP contribution in [0.4, 0.5) is 4.79 Å². The molecule has 2 aliphatic heterocycles. The normalized spacial score (nSPS) is 18.4. The van der Waals surface area contributed by atoms with Gasteiger partial charge in [-0.25, -0.2) is 4.79 Å². The van der Waals surface area contributed by atoms with Gasteiger partial charge in [0.1, 0.15) is 17.2 Å². The molecule has 0 saturated carbocycles. The summed E-state index contributed by atoms with van der Waals surface area (Å²) in [6.07, 6.45) is 4.71. The Morgan fingerprint density at radius 3 is 2.34 bits per heavy atom. The number of ether oxygens (including phenoxy) is 3. The molecular weight excluding hydrogens is 554 g/mol. The molecule has 1 saturated heterocycles. The molecule has 2 aliphatic rings. The minimum Gasteiger partial charge on any atom is -0.497 e. The van der Waals surface area contributed by atoms with E-state index in [0.717, 1.165) is 46.7 Å². The van der Waals surface area contributed by atoms with Crippen molar-refractivity contribution in [1.82, 2.24) is 14.7 Å². The summed E-state index contributed by atoms with van der Waals surface area (Å²) in [4.78, 5) is 32.3. The van der Waals surface area contributed by atoms with Crippen molar-refractivity contribution in [2.75, 3.05) is 41.0 Å². The first-order valence-corrected chi connectivity index (χ1v) is 16.2. The summed E-state index contributed by atoms with van der Waals surface area (Å²) in [7, 11) is 5.09. The van der Waals surface area contributed by atoms with Crippen molar-refractivity contribution in [2.24, 2.45) is 0 Å². The Morgan fingerprint density at radius 1 is 1.05 bits per heavy atom. The van der Waals surface area contributed by atoms with Crippen LogP contribution in [0.2, 0.25) is 0 Å². The summed E-state index contributed by atoms with van der Waals surface area (Å²) in [5, 5.41) is 0. The quantitative estimate of drug-likeness (QED) is 0.262. The average molecular weight is 610 g/mol. The smallest absolute Gasteiger partial charge is 0.325 e. The molecule has 0 radical (unpaired) electrons. The fourth-order valence-corrected chi connectivity index (χ4v) is 6.02. The number of methoxy groups -OCH3 is 2. The van der Waals surface area contributed by atoms with Crippen molar-refractivity contribution in [3.8, 4) is 17.2 Å². The number of carbonyl (C=O) groups is 2. The number of amides is 3. The first kappa shape index (κ1) is 36.5. The number of para-hydroxylation sites is 1. The molecule has 0 spiro atoms. The van der Waals surface area contributed by atoms with Gasteiger partial charge in [-0.2, -0.15) is 0 Å². The number of nitrogens with zero attached hydrogens (tertiary/aromatic N) is 3. The molecule has 2 aromatic rings. The molecule has 8 nitrogen and oxygen atoms in total. The predicted octanol–water partition coefficient (Wildman–Crippen LogP) is 7.65. The summed E-state index contributed by atoms with van der Waals surface area (Å²) in [5.41, 5.74) is 3.59. The lowest BCUT2D eigenvalue weighted by Crippen LogP contribution is -2.46. The molecule has 44 heavy (non-hydrogen) atoms. The molecule has 0 bridgehead atoms. The van der Waals surface area contributed by atoms with Crippen molar-refractivity contribution in [3.05, 3.63) is 64.9 Å². The van der Waals surface area contributed by atoms with Crippen LogP contribution in [-0.2, 0) is 17.8 Å². The highest BCUT2D eigenvalue weighted by Crippen LogP contribution is 2.46. The number of allylic oxidation sites excluding steroid dienone is 1. The highest BCUT2D eigenvalue weighted by atomic mass is 16.5. The van der Waals surface area contributed by atoms with E-state index in [1.807, 2.05) is 80.8 Å². The van der Waals surface area contributed by atoms with Crippen molar-refractivity contribution in [1.29, 1.82) is 0 Å². The van der Waals surface area contributed by atoms with Crippen LogP contribution in [0.3, 0.4) is 0 Å². The number of hydrogen-bond donors (Lipinski definition) is 0. The number of hydrogen-bond acceptors (Lipinski definition) is 5. The topological polar surface area (TPSA) is 71.5 Å². The second-order valence-corrected chi connectivity index (χ2v) is 10.8. The van der Waals surface area contributed by atoms with E-state index in [0.29, 0.717) is 31.8 Å². The van der Waals surface area contributed by atoms with Gasteiger partial charge in [-0.3, -0.25) is 9.69 Å². The number of benzene rings is 2. The van der Waals surface area contributed by atoms with E-state index in [9.17, 15) is 9.59 Å². The number of fused-ring (bicyclic) bond motifs is 2. The fraction of sp³-hybridized carbons (Fsp3) is 0.556. The van der Waals surface area contributed by atoms with E-state index in [1.54, 1.807) is 26.2 Å². The molecule has 244 valence electrons. The SMILES string of the molecule is CC.CC.CCCc1ccccc1OCC(=O)N(C)CCC1(C)C2=C[C@H](C)c3c(cc(OC)cc3OC)CN2C(=O)N1CC. The number of rotatable bonds is 11. The third-order valence-electron chi connectivity index (χ3n) is 8.27. The fourth-order valence-electron chi connectivity index (χ4n) is 6.02. The molecule has 8 heteroatoms. The highest BCUT2D eigenvalue weighted by molar-refractivity contribution is 5.83. The van der Waals surface area contributed by atoms with Gasteiger partial charge in [0.05, 0.1) is 26.3 Å². The van der Waals surface area contributed by atoms with Crippen LogP contribution in [0.15, 0.2) is 48.2 Å². The van der Waals surface area contributed by atoms with Crippen LogP contribution in [0.25, 0.3) is 0 Å². The van der Waals surface area contributed by atoms with Gasteiger partial charge in [-0.05, 0) is 49.9 Å². The largest absolute Gasteiger partial charge is 0.497 e. The maximum absolute atomic E-state index is 13.7. The molecule has 3 amide bonds. The lowest BCUT2D eigenvalue weighted by molar-refractivity contribution is -0.132. The van der Waals surface area contributed by atoms with E-state index in [-0.39, 0.29) is 24.5 Å². The van der Waals surface area contributed by atoms with E-state index < -0.39 is 5.54 Å². The van der Waals surface area contributed by atoms with Crippen molar-refractivity contribution >= 4 is 11.9 Å². The number of aryl methyl sites for hydroxylation is 1. The van der Waals surface area contributed by atoms with Crippen molar-refractivity contribution in [3.63, 3.8) is 0 Å². The molecule has 2 atom stereocenters. The Kier molecular flexibility index (Phi) is 14.1. The van der Waals surface area contributed by atoms with E-state index in [2.05, 4.69) is 26.8 Å². The second-order valence-electron chi connectivity index (χ2n) is 10.8. The Balaban J connectivity index is 0.00000162. The maximum atomic E-state index is 13.7. The summed E-state index contributed by atoms with van der Waals surface area (Å²) in [6, 6.07) is 11.7. The summed E-state index contributed by atoms with van der Waals surface area (Å²) in [5.74, 6) is 2.15. The van der Waals surface area contributed by atoms with Gasteiger partial charge in [-0.1, -0.05) is 72.2 Å². The minimum atomic E-state index is -0.567. The zero-order chi connectivity index (χ0) is 33.0. The molecular formula is C36H55N3O5.